The van der Waals surface area contributed by atoms with E-state index < -0.39 is 9.84 Å². The van der Waals surface area contributed by atoms with E-state index in [0.29, 0.717) is 17.8 Å². The first-order valence-corrected chi connectivity index (χ1v) is 12.4. The lowest BCUT2D eigenvalue weighted by molar-refractivity contribution is 0.102. The van der Waals surface area contributed by atoms with Gasteiger partial charge in [0.1, 0.15) is 0 Å². The molecule has 0 fully saturated rings. The number of thiazole rings is 1. The predicted octanol–water partition coefficient (Wildman–Crippen LogP) is 3.81. The van der Waals surface area contributed by atoms with Crippen molar-refractivity contribution >= 4 is 37.9 Å². The molecule has 164 valence electrons. The Morgan fingerprint density at radius 1 is 1.12 bits per heavy atom. The fourth-order valence-corrected chi connectivity index (χ4v) is 4.37. The van der Waals surface area contributed by atoms with Crippen LogP contribution in [-0.2, 0) is 23.4 Å². The summed E-state index contributed by atoms with van der Waals surface area (Å²) < 4.78 is 24.9. The van der Waals surface area contributed by atoms with Crippen molar-refractivity contribution in [1.29, 1.82) is 0 Å². The Morgan fingerprint density at radius 3 is 2.59 bits per heavy atom. The van der Waals surface area contributed by atoms with Gasteiger partial charge in [-0.15, -0.1) is 11.3 Å². The van der Waals surface area contributed by atoms with Crippen molar-refractivity contribution < 1.29 is 13.2 Å². The van der Waals surface area contributed by atoms with E-state index in [0.717, 1.165) is 28.3 Å². The van der Waals surface area contributed by atoms with Gasteiger partial charge in [0.25, 0.3) is 5.91 Å². The van der Waals surface area contributed by atoms with E-state index in [9.17, 15) is 13.2 Å². The average Bonchev–Trinajstić information content (AvgIpc) is 3.41. The van der Waals surface area contributed by atoms with Crippen molar-refractivity contribution in [2.45, 2.75) is 11.4 Å². The molecule has 0 atom stereocenters. The molecule has 0 saturated carbocycles. The number of aryl methyl sites for hydroxylation is 1. The van der Waals surface area contributed by atoms with Crippen LogP contribution in [0.2, 0.25) is 0 Å². The van der Waals surface area contributed by atoms with E-state index in [1.54, 1.807) is 35.0 Å². The molecule has 0 unspecified atom stereocenters. The molecule has 0 bridgehead atoms. The van der Waals surface area contributed by atoms with Crippen molar-refractivity contribution in [2.75, 3.05) is 16.9 Å². The van der Waals surface area contributed by atoms with Crippen LogP contribution < -0.4 is 10.6 Å². The van der Waals surface area contributed by atoms with Crippen LogP contribution in [0.5, 0.6) is 0 Å². The highest BCUT2D eigenvalue weighted by atomic mass is 32.2. The molecule has 0 aliphatic heterocycles. The van der Waals surface area contributed by atoms with Gasteiger partial charge in [0.05, 0.1) is 22.8 Å². The van der Waals surface area contributed by atoms with Crippen LogP contribution in [0.4, 0.5) is 10.8 Å². The first-order valence-electron chi connectivity index (χ1n) is 9.68. The summed E-state index contributed by atoms with van der Waals surface area (Å²) in [6.07, 6.45) is 3.03. The molecule has 32 heavy (non-hydrogen) atoms. The van der Waals surface area contributed by atoms with E-state index in [-0.39, 0.29) is 10.8 Å². The Hall–Kier alpha value is -3.50. The van der Waals surface area contributed by atoms with Gasteiger partial charge in [-0.2, -0.15) is 5.10 Å². The molecule has 2 heterocycles. The fourth-order valence-electron chi connectivity index (χ4n) is 3.02. The fraction of sp³-hybridized carbons (Fsp3) is 0.136. The number of anilines is 2. The number of nitrogens with one attached hydrogen (secondary N) is 2. The second-order valence-corrected chi connectivity index (χ2v) is 10.1. The number of benzene rings is 2. The SMILES string of the molecule is Cn1ccc(CNc2nc(-c3cccc(C(=O)Nc4ccc(S(C)(=O)=O)cc4)c3)cs2)n1. The van der Waals surface area contributed by atoms with Crippen LogP contribution in [0, 0.1) is 0 Å². The van der Waals surface area contributed by atoms with Crippen molar-refractivity contribution in [3.05, 3.63) is 77.4 Å². The second-order valence-electron chi connectivity index (χ2n) is 7.20. The molecule has 10 heteroatoms. The normalized spacial score (nSPS) is 11.3. The Balaban J connectivity index is 1.44. The molecule has 2 aromatic heterocycles. The molecule has 1 amide bonds. The standard InChI is InChI=1S/C22H21N5O3S2/c1-27-11-10-18(26-27)13-23-22-25-20(14-31-22)15-4-3-5-16(12-15)21(28)24-17-6-8-19(9-7-17)32(2,29)30/h3-12,14H,13H2,1-2H3,(H,23,25)(H,24,28). The number of carbonyl (C=O) groups is 1. The highest BCUT2D eigenvalue weighted by molar-refractivity contribution is 7.90. The van der Waals surface area contributed by atoms with Gasteiger partial charge < -0.3 is 10.6 Å². The third-order valence-electron chi connectivity index (χ3n) is 4.65. The maximum absolute atomic E-state index is 12.7. The van der Waals surface area contributed by atoms with E-state index in [4.69, 9.17) is 0 Å². The third-order valence-corrected chi connectivity index (χ3v) is 6.58. The van der Waals surface area contributed by atoms with Crippen LogP contribution >= 0.6 is 11.3 Å². The summed E-state index contributed by atoms with van der Waals surface area (Å²) in [6.45, 7) is 0.578. The van der Waals surface area contributed by atoms with Crippen LogP contribution in [0.15, 0.2) is 71.1 Å². The van der Waals surface area contributed by atoms with Crippen molar-refractivity contribution in [3.63, 3.8) is 0 Å². The number of hydrogen-bond acceptors (Lipinski definition) is 7. The molecular weight excluding hydrogens is 446 g/mol. The average molecular weight is 468 g/mol. The van der Waals surface area contributed by atoms with Gasteiger partial charge in [-0.3, -0.25) is 9.48 Å². The van der Waals surface area contributed by atoms with Crippen molar-refractivity contribution in [3.8, 4) is 11.3 Å². The van der Waals surface area contributed by atoms with Gasteiger partial charge >= 0.3 is 0 Å². The molecule has 0 aliphatic rings. The third kappa shape index (κ3) is 5.21. The van der Waals surface area contributed by atoms with Gasteiger partial charge in [-0.05, 0) is 42.5 Å². The number of nitrogens with zero attached hydrogens (tertiary/aromatic N) is 3. The zero-order chi connectivity index (χ0) is 22.7. The predicted molar refractivity (Wildman–Crippen MR) is 126 cm³/mol. The summed E-state index contributed by atoms with van der Waals surface area (Å²) in [7, 11) is -1.41. The van der Waals surface area contributed by atoms with Crippen LogP contribution in [0.3, 0.4) is 0 Å². The smallest absolute Gasteiger partial charge is 0.255 e. The molecule has 8 nitrogen and oxygen atoms in total. The Bertz CT molecular complexity index is 1360. The van der Waals surface area contributed by atoms with Crippen molar-refractivity contribution in [1.82, 2.24) is 14.8 Å². The van der Waals surface area contributed by atoms with E-state index >= 15 is 0 Å². The minimum Gasteiger partial charge on any atom is -0.356 e. The van der Waals surface area contributed by atoms with Gasteiger partial charge in [0, 0.05) is 41.7 Å². The maximum atomic E-state index is 12.7. The molecule has 2 N–H and O–H groups in total. The largest absolute Gasteiger partial charge is 0.356 e. The highest BCUT2D eigenvalue weighted by Crippen LogP contribution is 2.26. The first-order chi connectivity index (χ1) is 15.3. The molecule has 4 rings (SSSR count). The number of carbonyl (C=O) groups excluding carboxylic acids is 1. The quantitative estimate of drug-likeness (QED) is 0.428. The summed E-state index contributed by atoms with van der Waals surface area (Å²) >= 11 is 1.48. The van der Waals surface area contributed by atoms with Crippen molar-refractivity contribution in [2.24, 2.45) is 7.05 Å². The maximum Gasteiger partial charge on any atom is 0.255 e. The molecule has 0 aliphatic carbocycles. The monoisotopic (exact) mass is 467 g/mol. The summed E-state index contributed by atoms with van der Waals surface area (Å²) in [5, 5.41) is 13.1. The number of sulfone groups is 1. The lowest BCUT2D eigenvalue weighted by atomic mass is 10.1. The zero-order valence-corrected chi connectivity index (χ0v) is 19.1. The molecule has 0 radical (unpaired) electrons. The van der Waals surface area contributed by atoms with Crippen LogP contribution in [0.25, 0.3) is 11.3 Å². The summed E-state index contributed by atoms with van der Waals surface area (Å²) in [6, 6.07) is 15.2. The van der Waals surface area contributed by atoms with E-state index in [1.165, 1.54) is 23.5 Å². The van der Waals surface area contributed by atoms with E-state index in [1.807, 2.05) is 30.8 Å². The highest BCUT2D eigenvalue weighted by Gasteiger charge is 2.11. The number of aromatic nitrogens is 3. The van der Waals surface area contributed by atoms with Gasteiger partial charge in [-0.25, -0.2) is 13.4 Å². The first kappa shape index (κ1) is 21.7. The Labute approximate surface area is 189 Å². The second kappa shape index (κ2) is 8.93. The molecule has 2 aromatic carbocycles. The molecule has 4 aromatic rings. The van der Waals surface area contributed by atoms with E-state index in [2.05, 4.69) is 20.7 Å². The minimum atomic E-state index is -3.28. The van der Waals surface area contributed by atoms with Gasteiger partial charge in [-0.1, -0.05) is 12.1 Å². The number of hydrogen-bond donors (Lipinski definition) is 2. The number of rotatable bonds is 7. The van der Waals surface area contributed by atoms with Crippen LogP contribution in [0.1, 0.15) is 16.1 Å². The zero-order valence-electron chi connectivity index (χ0n) is 17.4. The summed E-state index contributed by atoms with van der Waals surface area (Å²) in [5.41, 5.74) is 3.51. The molecular formula is C22H21N5O3S2. The lowest BCUT2D eigenvalue weighted by Crippen LogP contribution is -2.12. The van der Waals surface area contributed by atoms with Gasteiger partial charge in [0.15, 0.2) is 15.0 Å². The number of amides is 1. The Kier molecular flexibility index (Phi) is 6.06. The topological polar surface area (TPSA) is 106 Å². The minimum absolute atomic E-state index is 0.202. The molecule has 0 spiro atoms. The van der Waals surface area contributed by atoms with Gasteiger partial charge in [0.2, 0.25) is 0 Å². The summed E-state index contributed by atoms with van der Waals surface area (Å²) in [4.78, 5) is 17.5. The summed E-state index contributed by atoms with van der Waals surface area (Å²) in [5.74, 6) is -0.289. The molecule has 0 saturated heterocycles. The van der Waals surface area contributed by atoms with Crippen LogP contribution in [-0.4, -0.2) is 35.3 Å². The lowest BCUT2D eigenvalue weighted by Gasteiger charge is -2.07. The Morgan fingerprint density at radius 2 is 1.91 bits per heavy atom.